The molecule has 3 aromatic carbocycles. The number of benzene rings is 3. The summed E-state index contributed by atoms with van der Waals surface area (Å²) < 4.78 is 3.86. The molecule has 1 aliphatic carbocycles. The van der Waals surface area contributed by atoms with E-state index in [1.807, 2.05) is 48.5 Å². The van der Waals surface area contributed by atoms with Gasteiger partial charge in [-0.2, -0.15) is 0 Å². The van der Waals surface area contributed by atoms with E-state index in [9.17, 15) is 9.59 Å². The molecule has 3 aromatic rings. The van der Waals surface area contributed by atoms with Crippen molar-refractivity contribution in [3.05, 3.63) is 87.4 Å². The minimum absolute atomic E-state index is 0.00507. The predicted molar refractivity (Wildman–Crippen MR) is 166 cm³/mol. The summed E-state index contributed by atoms with van der Waals surface area (Å²) in [6.07, 6.45) is 2.91. The number of amides is 2. The maximum atomic E-state index is 12.7. The normalized spacial score (nSPS) is 13.5. The van der Waals surface area contributed by atoms with Gasteiger partial charge in [0.1, 0.15) is 0 Å². The molecule has 0 aromatic heterocycles. The second-order valence-electron chi connectivity index (χ2n) is 9.36. The quantitative estimate of drug-likeness (QED) is 0.100. The zero-order chi connectivity index (χ0) is 30.5. The molecule has 0 spiro atoms. The number of guanidine groups is 1. The maximum absolute atomic E-state index is 12.7. The van der Waals surface area contributed by atoms with Crippen LogP contribution in [-0.2, 0) is 20.7 Å². The van der Waals surface area contributed by atoms with Crippen molar-refractivity contribution in [3.8, 4) is 11.1 Å². The average Bonchev–Trinajstić information content (AvgIpc) is 2.98. The van der Waals surface area contributed by atoms with Gasteiger partial charge in [-0.25, -0.2) is 4.99 Å². The van der Waals surface area contributed by atoms with Crippen molar-refractivity contribution in [2.45, 2.75) is 25.3 Å². The molecule has 0 aliphatic heterocycles. The Morgan fingerprint density at radius 2 is 1.67 bits per heavy atom. The van der Waals surface area contributed by atoms with Crippen LogP contribution in [-0.4, -0.2) is 51.0 Å². The molecule has 0 fully saturated rings. The Kier molecular flexibility index (Phi) is 12.6. The number of aryl methyl sites for hydroxylation is 1. The van der Waals surface area contributed by atoms with Crippen LogP contribution in [0.3, 0.4) is 0 Å². The molecule has 1 unspecified atom stereocenters. The van der Waals surface area contributed by atoms with Crippen LogP contribution in [0.2, 0.25) is 10.0 Å². The molecule has 0 bridgehead atoms. The molecule has 1 atom stereocenters. The fraction of sp³-hybridized carbons (Fsp3) is 0.267. The Morgan fingerprint density at radius 3 is 2.31 bits per heavy atom. The minimum Gasteiger partial charge on any atom is -0.471 e. The molecule has 4 rings (SSSR count). The van der Waals surface area contributed by atoms with Crippen LogP contribution >= 0.6 is 23.2 Å². The highest BCUT2D eigenvalue weighted by atomic mass is 35.5. The lowest BCUT2D eigenvalue weighted by molar-refractivity contribution is -0.126. The van der Waals surface area contributed by atoms with Crippen LogP contribution in [0.4, 0.5) is 5.69 Å². The third kappa shape index (κ3) is 9.47. The van der Waals surface area contributed by atoms with Crippen molar-refractivity contribution in [2.24, 2.45) is 16.5 Å². The van der Waals surface area contributed by atoms with Crippen LogP contribution in [0.25, 0.3) is 11.1 Å². The molecule has 0 saturated carbocycles. The summed E-state index contributed by atoms with van der Waals surface area (Å²) in [5, 5.41) is 9.42. The molecular formula is C30H34Cl2N6O4. The average molecular weight is 614 g/mol. The van der Waals surface area contributed by atoms with Crippen molar-refractivity contribution >= 4 is 53.1 Å². The summed E-state index contributed by atoms with van der Waals surface area (Å²) in [6.45, 7) is 1.01. The number of hydrogen-bond donors (Lipinski definition) is 5. The Balaban J connectivity index is 0.00000114. The first-order valence-electron chi connectivity index (χ1n) is 13.2. The second kappa shape index (κ2) is 16.4. The van der Waals surface area contributed by atoms with Gasteiger partial charge in [0.15, 0.2) is 5.96 Å². The Bertz CT molecular complexity index is 1390. The van der Waals surface area contributed by atoms with E-state index >= 15 is 0 Å². The molecule has 2 amide bonds. The van der Waals surface area contributed by atoms with Crippen LogP contribution in [0.5, 0.6) is 0 Å². The lowest BCUT2D eigenvalue weighted by atomic mass is 9.87. The van der Waals surface area contributed by atoms with Gasteiger partial charge in [0.2, 0.25) is 5.91 Å². The second-order valence-corrected chi connectivity index (χ2v) is 10.2. The van der Waals surface area contributed by atoms with Gasteiger partial charge >= 0.3 is 0 Å². The lowest BCUT2D eigenvalue weighted by Gasteiger charge is -2.26. The van der Waals surface area contributed by atoms with E-state index in [0.717, 1.165) is 36.0 Å². The molecular weight excluding hydrogens is 579 g/mol. The third-order valence-corrected chi connectivity index (χ3v) is 7.01. The number of nitrogens with one attached hydrogen (secondary N) is 3. The Labute approximate surface area is 254 Å². The molecule has 7 N–H and O–H groups in total. The van der Waals surface area contributed by atoms with E-state index in [0.29, 0.717) is 12.2 Å². The van der Waals surface area contributed by atoms with E-state index in [4.69, 9.17) is 39.5 Å². The number of hydrogen-bond acceptors (Lipinski definition) is 6. The van der Waals surface area contributed by atoms with Crippen molar-refractivity contribution in [2.75, 3.05) is 26.7 Å². The van der Waals surface area contributed by atoms with E-state index < -0.39 is 5.91 Å². The van der Waals surface area contributed by atoms with Crippen molar-refractivity contribution in [1.29, 1.82) is 0 Å². The number of nitrogens with zero attached hydrogens (tertiary/aromatic N) is 1. The van der Waals surface area contributed by atoms with Crippen LogP contribution in [0.15, 0.2) is 65.7 Å². The van der Waals surface area contributed by atoms with Crippen molar-refractivity contribution < 1.29 is 19.1 Å². The van der Waals surface area contributed by atoms with Gasteiger partial charge < -0.3 is 32.2 Å². The summed E-state index contributed by atoms with van der Waals surface area (Å²) in [6, 6.07) is 19.0. The first-order chi connectivity index (χ1) is 20.2. The number of nitrogens with two attached hydrogens (primary N) is 2. The van der Waals surface area contributed by atoms with Crippen molar-refractivity contribution in [1.82, 2.24) is 16.0 Å². The van der Waals surface area contributed by atoms with E-state index in [1.54, 1.807) is 12.1 Å². The molecule has 0 saturated heterocycles. The number of methoxy groups -OCH3 is 1. The summed E-state index contributed by atoms with van der Waals surface area (Å²) >= 11 is 12.8. The molecule has 222 valence electrons. The first-order valence-corrected chi connectivity index (χ1v) is 14.0. The van der Waals surface area contributed by atoms with Gasteiger partial charge in [-0.15, -0.1) is 0 Å². The highest BCUT2D eigenvalue weighted by Crippen LogP contribution is 2.33. The van der Waals surface area contributed by atoms with Gasteiger partial charge in [-0.05, 0) is 65.8 Å². The van der Waals surface area contributed by atoms with Gasteiger partial charge in [-0.3, -0.25) is 14.4 Å². The topological polar surface area (TPSA) is 161 Å². The van der Waals surface area contributed by atoms with Gasteiger partial charge in [-0.1, -0.05) is 59.6 Å². The SMILES string of the molecule is COC=O.NC(N)=Nc1ccc2c(c1)C(NCC(=O)NCCNC(=O)c1c(Cl)cc(-c3ccccc3)cc1Cl)CCC2. The van der Waals surface area contributed by atoms with Crippen molar-refractivity contribution in [3.63, 3.8) is 0 Å². The number of aliphatic imine (C=N–C) groups is 1. The molecule has 12 heteroatoms. The Morgan fingerprint density at radius 1 is 1.00 bits per heavy atom. The third-order valence-electron chi connectivity index (χ3n) is 6.42. The fourth-order valence-corrected chi connectivity index (χ4v) is 5.21. The fourth-order valence-electron chi connectivity index (χ4n) is 4.55. The van der Waals surface area contributed by atoms with Crippen LogP contribution in [0.1, 0.15) is 40.4 Å². The number of rotatable bonds is 10. The smallest absolute Gasteiger partial charge is 0.292 e. The number of ether oxygens (including phenoxy) is 1. The highest BCUT2D eigenvalue weighted by Gasteiger charge is 2.21. The van der Waals surface area contributed by atoms with Crippen LogP contribution < -0.4 is 27.4 Å². The van der Waals surface area contributed by atoms with Crippen LogP contribution in [0, 0.1) is 0 Å². The molecule has 0 heterocycles. The van der Waals surface area contributed by atoms with Gasteiger partial charge in [0.25, 0.3) is 12.4 Å². The number of carbonyl (C=O) groups excluding carboxylic acids is 3. The van der Waals surface area contributed by atoms with Gasteiger partial charge in [0, 0.05) is 19.1 Å². The monoisotopic (exact) mass is 612 g/mol. The molecule has 0 radical (unpaired) electrons. The Hall–Kier alpha value is -4.12. The van der Waals surface area contributed by atoms with E-state index in [-0.39, 0.29) is 53.2 Å². The molecule has 1 aliphatic rings. The van der Waals surface area contributed by atoms with E-state index in [1.165, 1.54) is 12.7 Å². The summed E-state index contributed by atoms with van der Waals surface area (Å²) in [7, 11) is 1.31. The predicted octanol–water partition coefficient (Wildman–Crippen LogP) is 3.87. The van der Waals surface area contributed by atoms with E-state index in [2.05, 4.69) is 25.7 Å². The standard InChI is InChI=1S/C28H30Cl2N6O2.C2H4O2/c29-22-13-19(17-5-2-1-3-6-17)14-23(30)26(22)27(38)34-12-11-33-25(37)16-35-24-8-4-7-18-9-10-20(15-21(18)24)36-28(31)32;1-4-2-3/h1-3,5-6,9-10,13-15,24,35H,4,7-8,11-12,16H2,(H,33,37)(H,34,38)(H4,31,32,36);2H,1H3. The number of halogens is 2. The first kappa shape index (κ1) is 32.4. The van der Waals surface area contributed by atoms with Gasteiger partial charge in [0.05, 0.1) is 35.0 Å². The maximum Gasteiger partial charge on any atom is 0.292 e. The zero-order valence-corrected chi connectivity index (χ0v) is 24.7. The number of carbonyl (C=O) groups is 3. The molecule has 10 nitrogen and oxygen atoms in total. The lowest BCUT2D eigenvalue weighted by Crippen LogP contribution is -2.40. The number of fused-ring (bicyclic) bond motifs is 1. The highest BCUT2D eigenvalue weighted by molar-refractivity contribution is 6.40. The summed E-state index contributed by atoms with van der Waals surface area (Å²) in [5.74, 6) is -0.567. The molecule has 42 heavy (non-hydrogen) atoms. The summed E-state index contributed by atoms with van der Waals surface area (Å²) in [4.78, 5) is 38.2. The zero-order valence-electron chi connectivity index (χ0n) is 23.2. The summed E-state index contributed by atoms with van der Waals surface area (Å²) in [5.41, 5.74) is 16.0. The minimum atomic E-state index is -0.401. The largest absolute Gasteiger partial charge is 0.471 e.